The van der Waals surface area contributed by atoms with Gasteiger partial charge in [-0.05, 0) is 31.0 Å². The van der Waals surface area contributed by atoms with Crippen LogP contribution < -0.4 is 10.6 Å². The predicted octanol–water partition coefficient (Wildman–Crippen LogP) is 1.56. The van der Waals surface area contributed by atoms with Crippen LogP contribution in [0.1, 0.15) is 22.3 Å². The molecule has 1 aromatic rings. The molecular weight excluding hydrogens is 216 g/mol. The maximum Gasteiger partial charge on any atom is 0.253 e. The van der Waals surface area contributed by atoms with E-state index in [1.165, 1.54) is 0 Å². The van der Waals surface area contributed by atoms with Gasteiger partial charge in [0.25, 0.3) is 5.91 Å². The second kappa shape index (κ2) is 5.19. The molecule has 2 rings (SSSR count). The van der Waals surface area contributed by atoms with Crippen molar-refractivity contribution >= 4 is 11.6 Å². The van der Waals surface area contributed by atoms with Gasteiger partial charge in [-0.2, -0.15) is 0 Å². The summed E-state index contributed by atoms with van der Waals surface area (Å²) in [6.07, 6.45) is 0.895. The number of carbonyl (C=O) groups excluding carboxylic acids is 1. The summed E-state index contributed by atoms with van der Waals surface area (Å²) in [5.74, 6) is -0.0372. The lowest BCUT2D eigenvalue weighted by Gasteiger charge is -2.13. The van der Waals surface area contributed by atoms with Crippen LogP contribution in [0.15, 0.2) is 18.2 Å². The normalized spacial score (nSPS) is 19.1. The van der Waals surface area contributed by atoms with Crippen LogP contribution in [0.25, 0.3) is 0 Å². The number of hydrogen-bond acceptors (Lipinski definition) is 3. The molecule has 1 heterocycles. The number of ether oxygens (including phenoxy) is 1. The van der Waals surface area contributed by atoms with Gasteiger partial charge in [0.1, 0.15) is 0 Å². The summed E-state index contributed by atoms with van der Waals surface area (Å²) in [7, 11) is 1.82. The molecule has 1 amide bonds. The molecule has 1 saturated heterocycles. The molecule has 4 nitrogen and oxygen atoms in total. The van der Waals surface area contributed by atoms with Gasteiger partial charge in [0.15, 0.2) is 0 Å². The van der Waals surface area contributed by atoms with Crippen molar-refractivity contribution in [3.63, 3.8) is 0 Å². The molecule has 0 spiro atoms. The molecule has 4 heteroatoms. The third kappa shape index (κ3) is 2.77. The van der Waals surface area contributed by atoms with Gasteiger partial charge in [0, 0.05) is 19.3 Å². The highest BCUT2D eigenvalue weighted by Crippen LogP contribution is 2.17. The Bertz CT molecular complexity index is 412. The van der Waals surface area contributed by atoms with Crippen LogP contribution in [0, 0.1) is 6.92 Å². The SMILES string of the molecule is CNc1cc(C)ccc1C(=O)NC1CCOC1. The van der Waals surface area contributed by atoms with Crippen molar-refractivity contribution in [1.82, 2.24) is 5.32 Å². The quantitative estimate of drug-likeness (QED) is 0.834. The monoisotopic (exact) mass is 234 g/mol. The number of hydrogen-bond donors (Lipinski definition) is 2. The molecule has 0 saturated carbocycles. The Morgan fingerprint density at radius 1 is 1.47 bits per heavy atom. The molecule has 0 aromatic heterocycles. The van der Waals surface area contributed by atoms with Crippen LogP contribution in [0.2, 0.25) is 0 Å². The summed E-state index contributed by atoms with van der Waals surface area (Å²) < 4.78 is 5.24. The number of benzene rings is 1. The maximum atomic E-state index is 12.1. The lowest BCUT2D eigenvalue weighted by molar-refractivity contribution is 0.0930. The lowest BCUT2D eigenvalue weighted by atomic mass is 10.1. The van der Waals surface area contributed by atoms with Crippen LogP contribution in [0.4, 0.5) is 5.69 Å². The van der Waals surface area contributed by atoms with Crippen molar-refractivity contribution in [2.45, 2.75) is 19.4 Å². The molecule has 17 heavy (non-hydrogen) atoms. The fourth-order valence-electron chi connectivity index (χ4n) is 1.97. The Morgan fingerprint density at radius 3 is 2.94 bits per heavy atom. The highest BCUT2D eigenvalue weighted by molar-refractivity contribution is 5.99. The van der Waals surface area contributed by atoms with E-state index in [0.29, 0.717) is 12.2 Å². The average Bonchev–Trinajstić information content (AvgIpc) is 2.81. The zero-order valence-electron chi connectivity index (χ0n) is 10.2. The molecule has 0 aliphatic carbocycles. The summed E-state index contributed by atoms with van der Waals surface area (Å²) in [6.45, 7) is 3.36. The van der Waals surface area contributed by atoms with Gasteiger partial charge in [-0.3, -0.25) is 4.79 Å². The second-order valence-corrected chi connectivity index (χ2v) is 4.33. The number of rotatable bonds is 3. The minimum atomic E-state index is -0.0372. The van der Waals surface area contributed by atoms with E-state index in [1.54, 1.807) is 0 Å². The molecule has 92 valence electrons. The van der Waals surface area contributed by atoms with Crippen molar-refractivity contribution in [2.75, 3.05) is 25.6 Å². The fourth-order valence-corrected chi connectivity index (χ4v) is 1.97. The minimum Gasteiger partial charge on any atom is -0.387 e. The Balaban J connectivity index is 2.12. The van der Waals surface area contributed by atoms with Gasteiger partial charge >= 0.3 is 0 Å². The van der Waals surface area contributed by atoms with E-state index in [0.717, 1.165) is 24.3 Å². The van der Waals surface area contributed by atoms with E-state index in [1.807, 2.05) is 32.2 Å². The molecule has 2 N–H and O–H groups in total. The summed E-state index contributed by atoms with van der Waals surface area (Å²) in [6, 6.07) is 5.92. The molecule has 1 unspecified atom stereocenters. The van der Waals surface area contributed by atoms with Gasteiger partial charge in [-0.1, -0.05) is 6.07 Å². The smallest absolute Gasteiger partial charge is 0.253 e. The summed E-state index contributed by atoms with van der Waals surface area (Å²) in [5, 5.41) is 6.04. The van der Waals surface area contributed by atoms with E-state index < -0.39 is 0 Å². The molecule has 0 radical (unpaired) electrons. The first-order chi connectivity index (χ1) is 8.20. The summed E-state index contributed by atoms with van der Waals surface area (Å²) >= 11 is 0. The van der Waals surface area contributed by atoms with Crippen LogP contribution in [0.3, 0.4) is 0 Å². The highest BCUT2D eigenvalue weighted by atomic mass is 16.5. The molecule has 1 aliphatic rings. The highest BCUT2D eigenvalue weighted by Gasteiger charge is 2.19. The molecular formula is C13H18N2O2. The first-order valence-electron chi connectivity index (χ1n) is 5.87. The molecule has 0 bridgehead atoms. The van der Waals surface area contributed by atoms with E-state index in [-0.39, 0.29) is 11.9 Å². The minimum absolute atomic E-state index is 0.0372. The third-order valence-corrected chi connectivity index (χ3v) is 2.95. The van der Waals surface area contributed by atoms with E-state index >= 15 is 0 Å². The van der Waals surface area contributed by atoms with Crippen molar-refractivity contribution in [3.05, 3.63) is 29.3 Å². The number of carbonyl (C=O) groups is 1. The Kier molecular flexibility index (Phi) is 3.64. The molecule has 1 atom stereocenters. The van der Waals surface area contributed by atoms with Gasteiger partial charge in [0.2, 0.25) is 0 Å². The number of amides is 1. The van der Waals surface area contributed by atoms with Crippen LogP contribution in [0.5, 0.6) is 0 Å². The lowest BCUT2D eigenvalue weighted by Crippen LogP contribution is -2.35. The van der Waals surface area contributed by atoms with Crippen LogP contribution in [-0.4, -0.2) is 32.2 Å². The molecule has 1 fully saturated rings. The Hall–Kier alpha value is -1.55. The standard InChI is InChI=1S/C13H18N2O2/c1-9-3-4-11(12(7-9)14-2)13(16)15-10-5-6-17-8-10/h3-4,7,10,14H,5-6,8H2,1-2H3,(H,15,16). The largest absolute Gasteiger partial charge is 0.387 e. The third-order valence-electron chi connectivity index (χ3n) is 2.95. The fraction of sp³-hybridized carbons (Fsp3) is 0.462. The molecule has 1 aliphatic heterocycles. The number of nitrogens with one attached hydrogen (secondary N) is 2. The molecule has 1 aromatic carbocycles. The first-order valence-corrected chi connectivity index (χ1v) is 5.87. The topological polar surface area (TPSA) is 50.4 Å². The van der Waals surface area contributed by atoms with Crippen LogP contribution >= 0.6 is 0 Å². The van der Waals surface area contributed by atoms with E-state index in [4.69, 9.17) is 4.74 Å². The van der Waals surface area contributed by atoms with E-state index in [2.05, 4.69) is 10.6 Å². The van der Waals surface area contributed by atoms with Gasteiger partial charge in [-0.15, -0.1) is 0 Å². The Labute approximate surface area is 101 Å². The van der Waals surface area contributed by atoms with Crippen LogP contribution in [-0.2, 0) is 4.74 Å². The zero-order valence-corrected chi connectivity index (χ0v) is 10.2. The summed E-state index contributed by atoms with van der Waals surface area (Å²) in [5.41, 5.74) is 2.68. The average molecular weight is 234 g/mol. The van der Waals surface area contributed by atoms with Crippen molar-refractivity contribution < 1.29 is 9.53 Å². The van der Waals surface area contributed by atoms with Gasteiger partial charge < -0.3 is 15.4 Å². The van der Waals surface area contributed by atoms with Crippen molar-refractivity contribution in [3.8, 4) is 0 Å². The summed E-state index contributed by atoms with van der Waals surface area (Å²) in [4.78, 5) is 12.1. The van der Waals surface area contributed by atoms with Gasteiger partial charge in [0.05, 0.1) is 18.2 Å². The Morgan fingerprint density at radius 2 is 2.29 bits per heavy atom. The second-order valence-electron chi connectivity index (χ2n) is 4.33. The first kappa shape index (κ1) is 11.9. The van der Waals surface area contributed by atoms with Gasteiger partial charge in [-0.25, -0.2) is 0 Å². The van der Waals surface area contributed by atoms with Crippen molar-refractivity contribution in [1.29, 1.82) is 0 Å². The maximum absolute atomic E-state index is 12.1. The predicted molar refractivity (Wildman–Crippen MR) is 67.4 cm³/mol. The zero-order chi connectivity index (χ0) is 12.3. The number of anilines is 1. The van der Waals surface area contributed by atoms with Crippen molar-refractivity contribution in [2.24, 2.45) is 0 Å². The number of aryl methyl sites for hydroxylation is 1. The van der Waals surface area contributed by atoms with E-state index in [9.17, 15) is 4.79 Å².